The second-order valence-corrected chi connectivity index (χ2v) is 14.1. The van der Waals surface area contributed by atoms with Crippen LogP contribution in [0.5, 0.6) is 0 Å². The van der Waals surface area contributed by atoms with Crippen molar-refractivity contribution in [2.24, 2.45) is 0 Å². The predicted molar refractivity (Wildman–Crippen MR) is 179 cm³/mol. The van der Waals surface area contributed by atoms with Gasteiger partial charge in [-0.2, -0.15) is 0 Å². The van der Waals surface area contributed by atoms with E-state index in [9.17, 15) is 9.90 Å². The van der Waals surface area contributed by atoms with E-state index in [2.05, 4.69) is 6.92 Å². The molecule has 0 aromatic rings. The van der Waals surface area contributed by atoms with Gasteiger partial charge in [0.05, 0.1) is 30.5 Å². The van der Waals surface area contributed by atoms with Crippen molar-refractivity contribution < 1.29 is 28.8 Å². The molecule has 2 saturated heterocycles. The molecule has 0 saturated carbocycles. The van der Waals surface area contributed by atoms with E-state index in [4.69, 9.17) is 18.9 Å². The number of aliphatic hydroxyl groups excluding tert-OH is 1. The Hall–Kier alpha value is -0.950. The summed E-state index contributed by atoms with van der Waals surface area (Å²) in [6, 6.07) is 0. The number of unbranched alkanes of at least 4 members (excludes halogenated alkanes) is 18. The maximum Gasteiger partial charge on any atom is 0.334 e. The largest absolute Gasteiger partial charge is 0.455 e. The maximum atomic E-state index is 11.6. The molecule has 256 valence electrons. The Bertz CT molecular complexity index is 768. The fraction of sp³-hybridized carbons (Fsp3) is 0.921. The van der Waals surface area contributed by atoms with Gasteiger partial charge in [-0.3, -0.25) is 0 Å². The zero-order chi connectivity index (χ0) is 31.2. The van der Waals surface area contributed by atoms with Gasteiger partial charge >= 0.3 is 5.97 Å². The van der Waals surface area contributed by atoms with Gasteiger partial charge in [0, 0.05) is 12.0 Å². The van der Waals surface area contributed by atoms with Crippen LogP contribution in [-0.2, 0) is 23.7 Å². The summed E-state index contributed by atoms with van der Waals surface area (Å²) in [5.74, 6) is -0.109. The monoisotopic (exact) mass is 621 g/mol. The maximum absolute atomic E-state index is 11.6. The van der Waals surface area contributed by atoms with Crippen LogP contribution in [0.3, 0.4) is 0 Å². The summed E-state index contributed by atoms with van der Waals surface area (Å²) in [6.07, 6.45) is 33.7. The number of ether oxygens (including phenoxy) is 4. The molecule has 44 heavy (non-hydrogen) atoms. The summed E-state index contributed by atoms with van der Waals surface area (Å²) in [6.45, 7) is 4.57. The third kappa shape index (κ3) is 15.6. The molecule has 0 unspecified atom stereocenters. The van der Waals surface area contributed by atoms with E-state index in [0.717, 1.165) is 56.9 Å². The van der Waals surface area contributed by atoms with Crippen LogP contribution < -0.4 is 0 Å². The summed E-state index contributed by atoms with van der Waals surface area (Å²) in [5.41, 5.74) is 0.879. The Kier molecular flexibility index (Phi) is 19.9. The molecule has 0 radical (unpaired) electrons. The van der Waals surface area contributed by atoms with Crippen LogP contribution in [0.25, 0.3) is 0 Å². The predicted octanol–water partition coefficient (Wildman–Crippen LogP) is 9.89. The van der Waals surface area contributed by atoms with Crippen LogP contribution in [-0.4, -0.2) is 54.5 Å². The summed E-state index contributed by atoms with van der Waals surface area (Å²) in [4.78, 5) is 11.6. The highest BCUT2D eigenvalue weighted by Gasteiger charge is 2.38. The molecule has 0 spiro atoms. The number of hydrogen-bond acceptors (Lipinski definition) is 6. The van der Waals surface area contributed by atoms with Crippen molar-refractivity contribution in [3.63, 3.8) is 0 Å². The normalized spacial score (nSPS) is 26.2. The first-order valence-electron chi connectivity index (χ1n) is 19.0. The first kappa shape index (κ1) is 37.5. The van der Waals surface area contributed by atoms with Crippen LogP contribution >= 0.6 is 0 Å². The molecule has 0 aromatic carbocycles. The molecule has 3 rings (SSSR count). The van der Waals surface area contributed by atoms with Gasteiger partial charge in [-0.05, 0) is 51.5 Å². The van der Waals surface area contributed by atoms with Gasteiger partial charge in [-0.1, -0.05) is 129 Å². The lowest BCUT2D eigenvalue weighted by Crippen LogP contribution is -2.40. The summed E-state index contributed by atoms with van der Waals surface area (Å²) < 4.78 is 23.4. The standard InChI is InChI=1S/C38H68O6/c1-3-4-5-6-7-8-13-16-19-22-25-34(39)35-26-27-36(44-35)37-29-33(41-30-42-37)24-21-18-15-12-10-9-11-14-17-20-23-32-28-31(2)43-38(32)40/h28,31,33-37,39H,3-27,29-30H2,1-2H3/t31-,33-,34-,35+,36+,37+/m0/s1. The zero-order valence-electron chi connectivity index (χ0n) is 28.6. The molecule has 6 heteroatoms. The molecule has 3 aliphatic rings. The van der Waals surface area contributed by atoms with Gasteiger partial charge in [0.25, 0.3) is 0 Å². The van der Waals surface area contributed by atoms with Crippen LogP contribution in [0.2, 0.25) is 0 Å². The number of esters is 1. The van der Waals surface area contributed by atoms with Crippen LogP contribution in [0.4, 0.5) is 0 Å². The third-order valence-electron chi connectivity index (χ3n) is 10.1. The summed E-state index contributed by atoms with van der Waals surface area (Å²) in [7, 11) is 0. The minimum atomic E-state index is -0.337. The minimum Gasteiger partial charge on any atom is -0.455 e. The van der Waals surface area contributed by atoms with Gasteiger partial charge < -0.3 is 24.1 Å². The van der Waals surface area contributed by atoms with Crippen molar-refractivity contribution >= 4 is 5.97 Å². The molecule has 3 heterocycles. The van der Waals surface area contributed by atoms with Gasteiger partial charge in [0.15, 0.2) is 0 Å². The van der Waals surface area contributed by atoms with Crippen molar-refractivity contribution in [2.75, 3.05) is 6.79 Å². The van der Waals surface area contributed by atoms with E-state index < -0.39 is 0 Å². The second kappa shape index (κ2) is 23.4. The van der Waals surface area contributed by atoms with Crippen LogP contribution in [0.15, 0.2) is 11.6 Å². The summed E-state index contributed by atoms with van der Waals surface area (Å²) in [5, 5.41) is 10.8. The zero-order valence-corrected chi connectivity index (χ0v) is 28.6. The molecule has 6 atom stereocenters. The number of rotatable bonds is 26. The van der Waals surface area contributed by atoms with Gasteiger partial charge in [0.1, 0.15) is 12.9 Å². The molecule has 6 nitrogen and oxygen atoms in total. The first-order chi connectivity index (χ1) is 21.6. The molecular weight excluding hydrogens is 552 g/mol. The van der Waals surface area contributed by atoms with E-state index >= 15 is 0 Å². The van der Waals surface area contributed by atoms with Crippen LogP contribution in [0, 0.1) is 0 Å². The molecule has 3 aliphatic heterocycles. The number of cyclic esters (lactones) is 1. The molecule has 0 bridgehead atoms. The summed E-state index contributed by atoms with van der Waals surface area (Å²) >= 11 is 0. The van der Waals surface area contributed by atoms with Gasteiger partial charge in [-0.15, -0.1) is 0 Å². The SMILES string of the molecule is CCCCCCCCCCCC[C@H](O)[C@H]1CC[C@H]([C@H]2C[C@H](CCCCCCCCCCCCC3=C[C@H](C)OC3=O)OCO2)O1. The molecule has 0 amide bonds. The smallest absolute Gasteiger partial charge is 0.334 e. The van der Waals surface area contributed by atoms with Crippen molar-refractivity contribution in [1.29, 1.82) is 0 Å². The Labute approximate surface area is 270 Å². The highest BCUT2D eigenvalue weighted by Crippen LogP contribution is 2.32. The fourth-order valence-electron chi connectivity index (χ4n) is 7.27. The van der Waals surface area contributed by atoms with E-state index in [0.29, 0.717) is 6.79 Å². The Morgan fingerprint density at radius 1 is 0.750 bits per heavy atom. The lowest BCUT2D eigenvalue weighted by molar-refractivity contribution is -0.209. The highest BCUT2D eigenvalue weighted by atomic mass is 16.7. The molecule has 1 N–H and O–H groups in total. The third-order valence-corrected chi connectivity index (χ3v) is 10.1. The first-order valence-corrected chi connectivity index (χ1v) is 19.0. The second-order valence-electron chi connectivity index (χ2n) is 14.1. The number of hydrogen-bond donors (Lipinski definition) is 1. The number of carbonyl (C=O) groups excluding carboxylic acids is 1. The lowest BCUT2D eigenvalue weighted by atomic mass is 9.98. The average molecular weight is 621 g/mol. The molecule has 0 aliphatic carbocycles. The molecule has 0 aromatic heterocycles. The molecular formula is C38H68O6. The quantitative estimate of drug-likeness (QED) is 0.0766. The van der Waals surface area contributed by atoms with Crippen molar-refractivity contribution in [1.82, 2.24) is 0 Å². The fourth-order valence-corrected chi connectivity index (χ4v) is 7.27. The minimum absolute atomic E-state index is 0.0252. The Morgan fingerprint density at radius 2 is 1.34 bits per heavy atom. The highest BCUT2D eigenvalue weighted by molar-refractivity contribution is 5.90. The van der Waals surface area contributed by atoms with Gasteiger partial charge in [-0.25, -0.2) is 4.79 Å². The van der Waals surface area contributed by atoms with Crippen molar-refractivity contribution in [2.45, 2.75) is 217 Å². The number of aliphatic hydroxyl groups is 1. The van der Waals surface area contributed by atoms with E-state index in [1.807, 2.05) is 13.0 Å². The topological polar surface area (TPSA) is 74.2 Å². The average Bonchev–Trinajstić information content (AvgIpc) is 3.65. The number of carbonyl (C=O) groups is 1. The van der Waals surface area contributed by atoms with Gasteiger partial charge in [0.2, 0.25) is 0 Å². The van der Waals surface area contributed by atoms with E-state index in [-0.39, 0.29) is 42.6 Å². The van der Waals surface area contributed by atoms with E-state index in [1.165, 1.54) is 116 Å². The lowest BCUT2D eigenvalue weighted by Gasteiger charge is -2.33. The van der Waals surface area contributed by atoms with Crippen molar-refractivity contribution in [3.05, 3.63) is 11.6 Å². The Balaban J connectivity index is 1.11. The molecule has 2 fully saturated rings. The van der Waals surface area contributed by atoms with Crippen LogP contribution in [0.1, 0.15) is 181 Å². The van der Waals surface area contributed by atoms with E-state index in [1.54, 1.807) is 0 Å². The Morgan fingerprint density at radius 3 is 1.95 bits per heavy atom. The van der Waals surface area contributed by atoms with Crippen molar-refractivity contribution in [3.8, 4) is 0 Å².